The molecule has 26 heavy (non-hydrogen) atoms. The molecule has 0 bridgehead atoms. The van der Waals surface area contributed by atoms with Crippen LogP contribution in [-0.2, 0) is 6.42 Å². The van der Waals surface area contributed by atoms with Gasteiger partial charge < -0.3 is 0 Å². The van der Waals surface area contributed by atoms with Gasteiger partial charge in [0.1, 0.15) is 5.82 Å². The van der Waals surface area contributed by atoms with Crippen molar-refractivity contribution in [1.82, 2.24) is 15.0 Å². The summed E-state index contributed by atoms with van der Waals surface area (Å²) < 4.78 is 0. The van der Waals surface area contributed by atoms with Crippen molar-refractivity contribution in [3.63, 3.8) is 0 Å². The van der Waals surface area contributed by atoms with Crippen molar-refractivity contribution in [3.8, 4) is 0 Å². The first-order chi connectivity index (χ1) is 12.8. The predicted octanol–water partition coefficient (Wildman–Crippen LogP) is 5.23. The van der Waals surface area contributed by atoms with E-state index < -0.39 is 0 Å². The van der Waals surface area contributed by atoms with E-state index in [1.807, 2.05) is 18.5 Å². The topological polar surface area (TPSA) is 38.7 Å². The van der Waals surface area contributed by atoms with Crippen LogP contribution in [0.25, 0.3) is 32.6 Å². The Morgan fingerprint density at radius 3 is 2.50 bits per heavy atom. The van der Waals surface area contributed by atoms with Crippen molar-refractivity contribution in [2.45, 2.75) is 13.3 Å². The Kier molecular flexibility index (Phi) is 3.39. The lowest BCUT2D eigenvalue weighted by Gasteiger charge is -2.09. The molecule has 2 aromatic heterocycles. The van der Waals surface area contributed by atoms with Gasteiger partial charge in [0.25, 0.3) is 0 Å². The highest BCUT2D eigenvalue weighted by atomic mass is 14.9. The maximum Gasteiger partial charge on any atom is 0.133 e. The summed E-state index contributed by atoms with van der Waals surface area (Å²) in [5, 5.41) is 4.47. The summed E-state index contributed by atoms with van der Waals surface area (Å²) >= 11 is 0. The van der Waals surface area contributed by atoms with Gasteiger partial charge in [-0.3, -0.25) is 4.98 Å². The fourth-order valence-corrected chi connectivity index (χ4v) is 3.54. The minimum absolute atomic E-state index is 0.733. The first kappa shape index (κ1) is 15.0. The van der Waals surface area contributed by atoms with Crippen LogP contribution in [0.2, 0.25) is 0 Å². The number of pyridine rings is 1. The molecule has 0 aliphatic rings. The highest BCUT2D eigenvalue weighted by Crippen LogP contribution is 2.29. The molecule has 0 aliphatic carbocycles. The van der Waals surface area contributed by atoms with Crippen LogP contribution in [0.15, 0.2) is 73.1 Å². The van der Waals surface area contributed by atoms with Crippen molar-refractivity contribution in [2.75, 3.05) is 0 Å². The number of nitrogens with zero attached hydrogens (tertiary/aromatic N) is 3. The molecule has 124 valence electrons. The van der Waals surface area contributed by atoms with Crippen molar-refractivity contribution in [2.24, 2.45) is 0 Å². The Labute approximate surface area is 151 Å². The van der Waals surface area contributed by atoms with Crippen LogP contribution in [0.1, 0.15) is 17.0 Å². The van der Waals surface area contributed by atoms with Gasteiger partial charge in [0.2, 0.25) is 0 Å². The number of aryl methyl sites for hydroxylation is 1. The fraction of sp³-hybridized carbons (Fsp3) is 0.0870. The normalized spacial score (nSPS) is 11.4. The molecule has 3 heteroatoms. The largest absolute Gasteiger partial charge is 0.256 e. The van der Waals surface area contributed by atoms with Crippen molar-refractivity contribution >= 4 is 32.6 Å². The molecule has 5 aromatic rings. The molecule has 5 rings (SSSR count). The summed E-state index contributed by atoms with van der Waals surface area (Å²) in [6.45, 7) is 2.13. The third kappa shape index (κ3) is 2.40. The van der Waals surface area contributed by atoms with E-state index in [1.54, 1.807) is 0 Å². The predicted molar refractivity (Wildman–Crippen MR) is 106 cm³/mol. The molecule has 0 fully saturated rings. The molecule has 0 saturated carbocycles. The average molecular weight is 335 g/mol. The molecule has 0 atom stereocenters. The van der Waals surface area contributed by atoms with E-state index in [1.165, 1.54) is 16.5 Å². The first-order valence-electron chi connectivity index (χ1n) is 8.76. The van der Waals surface area contributed by atoms with Crippen molar-refractivity contribution < 1.29 is 0 Å². The molecule has 0 saturated heterocycles. The van der Waals surface area contributed by atoms with Crippen molar-refractivity contribution in [1.29, 1.82) is 0 Å². The van der Waals surface area contributed by atoms with Gasteiger partial charge in [0.05, 0.1) is 11.0 Å². The lowest BCUT2D eigenvalue weighted by molar-refractivity contribution is 0.985. The van der Waals surface area contributed by atoms with Crippen LogP contribution in [0.3, 0.4) is 0 Å². The van der Waals surface area contributed by atoms with Gasteiger partial charge in [-0.25, -0.2) is 9.97 Å². The molecule has 3 aromatic carbocycles. The summed E-state index contributed by atoms with van der Waals surface area (Å²) in [7, 11) is 0. The van der Waals surface area contributed by atoms with E-state index in [4.69, 9.17) is 4.98 Å². The van der Waals surface area contributed by atoms with Crippen LogP contribution in [0.5, 0.6) is 0 Å². The third-order valence-corrected chi connectivity index (χ3v) is 4.96. The van der Waals surface area contributed by atoms with E-state index in [-0.39, 0.29) is 0 Å². The minimum atomic E-state index is 0.733. The monoisotopic (exact) mass is 335 g/mol. The third-order valence-electron chi connectivity index (χ3n) is 4.96. The summed E-state index contributed by atoms with van der Waals surface area (Å²) in [6.07, 6.45) is 4.59. The SMILES string of the molecule is Cc1ccccc1Cc1ncc2ccc3ncc4ccccc4c3c2n1. The Hall–Kier alpha value is -3.33. The van der Waals surface area contributed by atoms with Crippen LogP contribution < -0.4 is 0 Å². The van der Waals surface area contributed by atoms with Gasteiger partial charge >= 0.3 is 0 Å². The molecular weight excluding hydrogens is 318 g/mol. The standard InChI is InChI=1S/C23H17N3/c1-15-6-2-3-7-16(15)12-21-25-14-18-10-11-20-22(23(18)26-21)19-9-5-4-8-17(19)13-24-20/h2-11,13-14H,12H2,1H3. The molecule has 0 amide bonds. The second kappa shape index (κ2) is 5.88. The number of hydrogen-bond donors (Lipinski definition) is 0. The Bertz CT molecular complexity index is 1270. The van der Waals surface area contributed by atoms with Gasteiger partial charge in [-0.2, -0.15) is 0 Å². The van der Waals surface area contributed by atoms with E-state index in [0.29, 0.717) is 0 Å². The summed E-state index contributed by atoms with van der Waals surface area (Å²) in [6, 6.07) is 20.8. The molecule has 3 nitrogen and oxygen atoms in total. The first-order valence-corrected chi connectivity index (χ1v) is 8.76. The Morgan fingerprint density at radius 2 is 1.58 bits per heavy atom. The van der Waals surface area contributed by atoms with Gasteiger partial charge in [-0.1, -0.05) is 48.5 Å². The van der Waals surface area contributed by atoms with E-state index in [9.17, 15) is 0 Å². The molecule has 0 unspecified atom stereocenters. The molecular formula is C23H17N3. The molecule has 0 radical (unpaired) electrons. The zero-order chi connectivity index (χ0) is 17.5. The highest BCUT2D eigenvalue weighted by molar-refractivity contribution is 6.17. The lowest BCUT2D eigenvalue weighted by atomic mass is 10.0. The molecule has 0 aliphatic heterocycles. The summed E-state index contributed by atoms with van der Waals surface area (Å²) in [4.78, 5) is 14.2. The lowest BCUT2D eigenvalue weighted by Crippen LogP contribution is -1.99. The maximum absolute atomic E-state index is 4.94. The number of fused-ring (bicyclic) bond motifs is 5. The molecule has 0 N–H and O–H groups in total. The van der Waals surface area contributed by atoms with Gasteiger partial charge in [-0.15, -0.1) is 0 Å². The second-order valence-electron chi connectivity index (χ2n) is 6.63. The average Bonchev–Trinajstić information content (AvgIpc) is 2.69. The fourth-order valence-electron chi connectivity index (χ4n) is 3.54. The maximum atomic E-state index is 4.94. The Morgan fingerprint density at radius 1 is 0.769 bits per heavy atom. The smallest absolute Gasteiger partial charge is 0.133 e. The van der Waals surface area contributed by atoms with Crippen LogP contribution >= 0.6 is 0 Å². The quantitative estimate of drug-likeness (QED) is 0.415. The van der Waals surface area contributed by atoms with Crippen LogP contribution in [-0.4, -0.2) is 15.0 Å². The highest BCUT2D eigenvalue weighted by Gasteiger charge is 2.10. The van der Waals surface area contributed by atoms with E-state index >= 15 is 0 Å². The zero-order valence-corrected chi connectivity index (χ0v) is 14.5. The summed E-state index contributed by atoms with van der Waals surface area (Å²) in [5.41, 5.74) is 4.47. The van der Waals surface area contributed by atoms with Gasteiger partial charge in [0, 0.05) is 35.0 Å². The summed E-state index contributed by atoms with van der Waals surface area (Å²) in [5.74, 6) is 0.840. The number of hydrogen-bond acceptors (Lipinski definition) is 3. The molecule has 2 heterocycles. The minimum Gasteiger partial charge on any atom is -0.256 e. The van der Waals surface area contributed by atoms with Crippen LogP contribution in [0, 0.1) is 6.92 Å². The van der Waals surface area contributed by atoms with Crippen LogP contribution in [0.4, 0.5) is 0 Å². The number of benzene rings is 3. The Balaban J connectivity index is 1.77. The zero-order valence-electron chi connectivity index (χ0n) is 14.5. The number of aromatic nitrogens is 3. The van der Waals surface area contributed by atoms with Crippen molar-refractivity contribution in [3.05, 3.63) is 90.0 Å². The van der Waals surface area contributed by atoms with Gasteiger partial charge in [-0.05, 0) is 35.6 Å². The number of rotatable bonds is 2. The van der Waals surface area contributed by atoms with Gasteiger partial charge in [0.15, 0.2) is 0 Å². The van der Waals surface area contributed by atoms with E-state index in [0.717, 1.165) is 39.4 Å². The molecule has 0 spiro atoms. The van der Waals surface area contributed by atoms with E-state index in [2.05, 4.69) is 71.5 Å². The second-order valence-corrected chi connectivity index (χ2v) is 6.63.